The van der Waals surface area contributed by atoms with Crippen molar-refractivity contribution < 1.29 is 14.0 Å². The summed E-state index contributed by atoms with van der Waals surface area (Å²) in [6.07, 6.45) is 1.31. The summed E-state index contributed by atoms with van der Waals surface area (Å²) in [6.45, 7) is 0.833. The van der Waals surface area contributed by atoms with E-state index in [4.69, 9.17) is 16.0 Å². The molecule has 0 bridgehead atoms. The van der Waals surface area contributed by atoms with E-state index < -0.39 is 11.9 Å². The molecule has 0 saturated carbocycles. The summed E-state index contributed by atoms with van der Waals surface area (Å²) < 4.78 is 4.77. The zero-order valence-electron chi connectivity index (χ0n) is 7.12. The molecule has 14 heavy (non-hydrogen) atoms. The van der Waals surface area contributed by atoms with Gasteiger partial charge in [0.1, 0.15) is 0 Å². The Labute approximate surface area is 84.6 Å². The van der Waals surface area contributed by atoms with Gasteiger partial charge in [-0.1, -0.05) is 0 Å². The molecular formula is C8H7ClN2O3. The van der Waals surface area contributed by atoms with Crippen molar-refractivity contribution in [3.8, 4) is 0 Å². The predicted octanol–water partition coefficient (Wildman–Crippen LogP) is 1.10. The van der Waals surface area contributed by atoms with Gasteiger partial charge in [-0.25, -0.2) is 4.79 Å². The molecule has 1 aromatic rings. The first kappa shape index (κ1) is 9.08. The third-order valence-electron chi connectivity index (χ3n) is 1.95. The summed E-state index contributed by atoms with van der Waals surface area (Å²) in [7, 11) is 0. The van der Waals surface area contributed by atoms with Crippen LogP contribution in [0.2, 0.25) is 5.22 Å². The van der Waals surface area contributed by atoms with Gasteiger partial charge >= 0.3 is 6.03 Å². The van der Waals surface area contributed by atoms with Gasteiger partial charge in [-0.15, -0.1) is 0 Å². The second-order valence-electron chi connectivity index (χ2n) is 2.80. The summed E-state index contributed by atoms with van der Waals surface area (Å²) in [5.74, 6) is -0.432. The van der Waals surface area contributed by atoms with Crippen LogP contribution in [-0.4, -0.2) is 29.9 Å². The number of carbonyl (C=O) groups excluding carboxylic acids is 2. The predicted molar refractivity (Wildman–Crippen MR) is 48.2 cm³/mol. The second-order valence-corrected chi connectivity index (χ2v) is 3.14. The molecule has 1 aromatic heterocycles. The van der Waals surface area contributed by atoms with E-state index in [1.54, 1.807) is 0 Å². The van der Waals surface area contributed by atoms with Crippen LogP contribution in [0.5, 0.6) is 0 Å². The van der Waals surface area contributed by atoms with Crippen LogP contribution >= 0.6 is 11.6 Å². The summed E-state index contributed by atoms with van der Waals surface area (Å²) >= 11 is 5.61. The van der Waals surface area contributed by atoms with Crippen molar-refractivity contribution >= 4 is 23.5 Å². The number of hydrogen-bond donors (Lipinski definition) is 1. The number of urea groups is 1. The molecule has 0 aliphatic carbocycles. The number of nitrogens with one attached hydrogen (secondary N) is 1. The number of nitrogens with zero attached hydrogens (tertiary/aromatic N) is 1. The number of rotatable bonds is 1. The maximum atomic E-state index is 11.7. The van der Waals surface area contributed by atoms with Crippen LogP contribution in [-0.2, 0) is 0 Å². The Morgan fingerprint density at radius 1 is 1.64 bits per heavy atom. The van der Waals surface area contributed by atoms with Crippen LogP contribution in [0, 0.1) is 0 Å². The van der Waals surface area contributed by atoms with Crippen molar-refractivity contribution in [1.82, 2.24) is 10.2 Å². The van der Waals surface area contributed by atoms with E-state index in [-0.39, 0.29) is 10.8 Å². The van der Waals surface area contributed by atoms with Crippen molar-refractivity contribution in [1.29, 1.82) is 0 Å². The van der Waals surface area contributed by atoms with Gasteiger partial charge in [-0.2, -0.15) is 0 Å². The van der Waals surface area contributed by atoms with E-state index in [0.717, 1.165) is 4.90 Å². The highest BCUT2D eigenvalue weighted by molar-refractivity contribution is 6.32. The zero-order valence-corrected chi connectivity index (χ0v) is 7.87. The molecule has 0 atom stereocenters. The van der Waals surface area contributed by atoms with Gasteiger partial charge in [0, 0.05) is 13.1 Å². The van der Waals surface area contributed by atoms with E-state index in [9.17, 15) is 9.59 Å². The molecule has 0 spiro atoms. The van der Waals surface area contributed by atoms with Gasteiger partial charge in [0.05, 0.1) is 11.8 Å². The van der Waals surface area contributed by atoms with Crippen LogP contribution in [0.25, 0.3) is 0 Å². The summed E-state index contributed by atoms with van der Waals surface area (Å²) in [4.78, 5) is 23.9. The first-order valence-electron chi connectivity index (χ1n) is 4.03. The van der Waals surface area contributed by atoms with Crippen LogP contribution in [0.1, 0.15) is 10.4 Å². The Balaban J connectivity index is 2.24. The molecule has 0 radical (unpaired) electrons. The number of hydrogen-bond acceptors (Lipinski definition) is 3. The highest BCUT2D eigenvalue weighted by Crippen LogP contribution is 2.19. The third kappa shape index (κ3) is 1.35. The largest absolute Gasteiger partial charge is 0.452 e. The van der Waals surface area contributed by atoms with Crippen molar-refractivity contribution in [3.63, 3.8) is 0 Å². The fourth-order valence-corrected chi connectivity index (χ4v) is 1.45. The quantitative estimate of drug-likeness (QED) is 0.762. The molecule has 2 rings (SSSR count). The molecule has 1 saturated heterocycles. The van der Waals surface area contributed by atoms with Gasteiger partial charge in [-0.3, -0.25) is 9.69 Å². The lowest BCUT2D eigenvalue weighted by Crippen LogP contribution is -2.34. The summed E-state index contributed by atoms with van der Waals surface area (Å²) in [5.41, 5.74) is 0.212. The van der Waals surface area contributed by atoms with Crippen LogP contribution in [0.3, 0.4) is 0 Å². The lowest BCUT2D eigenvalue weighted by molar-refractivity contribution is 0.0829. The van der Waals surface area contributed by atoms with Crippen LogP contribution in [0.4, 0.5) is 4.79 Å². The fraction of sp³-hybridized carbons (Fsp3) is 0.250. The first-order chi connectivity index (χ1) is 6.70. The molecule has 3 amide bonds. The number of furan rings is 1. The molecule has 6 heteroatoms. The molecule has 1 aliphatic heterocycles. The normalized spacial score (nSPS) is 15.8. The fourth-order valence-electron chi connectivity index (χ4n) is 1.26. The zero-order chi connectivity index (χ0) is 10.1. The lowest BCUT2D eigenvalue weighted by Gasteiger charge is -2.10. The monoisotopic (exact) mass is 214 g/mol. The smallest absolute Gasteiger partial charge is 0.324 e. The molecule has 1 aliphatic rings. The standard InChI is InChI=1S/C8H7ClN2O3/c9-6-5(1-4-14-6)7(12)11-3-2-10-8(11)13/h1,4H,2-3H2,(H,10,13). The maximum Gasteiger partial charge on any atom is 0.324 e. The molecule has 5 nitrogen and oxygen atoms in total. The number of imide groups is 1. The minimum absolute atomic E-state index is 0.00898. The van der Waals surface area contributed by atoms with Gasteiger partial charge < -0.3 is 9.73 Å². The molecule has 0 unspecified atom stereocenters. The van der Waals surface area contributed by atoms with Crippen molar-refractivity contribution in [3.05, 3.63) is 23.1 Å². The Bertz CT molecular complexity index is 388. The van der Waals surface area contributed by atoms with Crippen LogP contribution in [0.15, 0.2) is 16.7 Å². The van der Waals surface area contributed by atoms with Gasteiger partial charge in [-0.05, 0) is 17.7 Å². The number of amides is 3. The summed E-state index contributed by atoms with van der Waals surface area (Å²) in [5, 5.41) is 2.53. The highest BCUT2D eigenvalue weighted by atomic mass is 35.5. The van der Waals surface area contributed by atoms with Crippen molar-refractivity contribution in [2.24, 2.45) is 0 Å². The maximum absolute atomic E-state index is 11.7. The van der Waals surface area contributed by atoms with Gasteiger partial charge in [0.25, 0.3) is 5.91 Å². The minimum atomic E-state index is -0.432. The van der Waals surface area contributed by atoms with Crippen molar-refractivity contribution in [2.45, 2.75) is 0 Å². The molecule has 2 heterocycles. The van der Waals surface area contributed by atoms with E-state index in [0.29, 0.717) is 13.1 Å². The van der Waals surface area contributed by atoms with Crippen molar-refractivity contribution in [2.75, 3.05) is 13.1 Å². The molecule has 1 fully saturated rings. The topological polar surface area (TPSA) is 62.6 Å². The Morgan fingerprint density at radius 2 is 2.43 bits per heavy atom. The Hall–Kier alpha value is -1.49. The average molecular weight is 215 g/mol. The lowest BCUT2D eigenvalue weighted by atomic mass is 10.3. The van der Waals surface area contributed by atoms with E-state index in [2.05, 4.69) is 5.32 Å². The van der Waals surface area contributed by atoms with Gasteiger partial charge in [0.2, 0.25) is 5.22 Å². The molecular weight excluding hydrogens is 208 g/mol. The Morgan fingerprint density at radius 3 is 2.93 bits per heavy atom. The van der Waals surface area contributed by atoms with E-state index in [1.807, 2.05) is 0 Å². The SMILES string of the molecule is O=C1NCCN1C(=O)c1ccoc1Cl. The number of carbonyl (C=O) groups is 2. The van der Waals surface area contributed by atoms with E-state index >= 15 is 0 Å². The minimum Gasteiger partial charge on any atom is -0.452 e. The molecule has 1 N–H and O–H groups in total. The van der Waals surface area contributed by atoms with Gasteiger partial charge in [0.15, 0.2) is 0 Å². The highest BCUT2D eigenvalue weighted by Gasteiger charge is 2.29. The number of halogens is 1. The summed E-state index contributed by atoms with van der Waals surface area (Å²) in [6, 6.07) is 1.04. The average Bonchev–Trinajstić information content (AvgIpc) is 2.73. The second kappa shape index (κ2) is 3.34. The Kier molecular flexibility index (Phi) is 2.17. The van der Waals surface area contributed by atoms with E-state index in [1.165, 1.54) is 12.3 Å². The first-order valence-corrected chi connectivity index (χ1v) is 4.40. The molecule has 74 valence electrons. The van der Waals surface area contributed by atoms with Crippen LogP contribution < -0.4 is 5.32 Å². The molecule has 0 aromatic carbocycles. The third-order valence-corrected chi connectivity index (χ3v) is 2.24.